The van der Waals surface area contributed by atoms with Crippen LogP contribution in [0.15, 0.2) is 42.7 Å². The summed E-state index contributed by atoms with van der Waals surface area (Å²) in [5.74, 6) is 1.88. The third-order valence-corrected chi connectivity index (χ3v) is 7.61. The SMILES string of the molecule is O=C(N[C@@H]1CN2CCC1CC2)N1CCc2ccccc2[C@H]1C1C=Cc2nccn2C1. The molecular formula is C24H29N5O. The van der Waals surface area contributed by atoms with Crippen molar-refractivity contribution in [1.82, 2.24) is 24.7 Å². The third kappa shape index (κ3) is 3.05. The number of fused-ring (bicyclic) bond motifs is 5. The van der Waals surface area contributed by atoms with Crippen molar-refractivity contribution in [1.29, 1.82) is 0 Å². The van der Waals surface area contributed by atoms with Crippen LogP contribution in [0.1, 0.15) is 35.8 Å². The Hall–Kier alpha value is -2.60. The van der Waals surface area contributed by atoms with Crippen LogP contribution in [0.3, 0.4) is 0 Å². The van der Waals surface area contributed by atoms with E-state index in [1.807, 2.05) is 12.4 Å². The molecule has 1 aromatic heterocycles. The van der Waals surface area contributed by atoms with E-state index in [2.05, 4.69) is 61.1 Å². The summed E-state index contributed by atoms with van der Waals surface area (Å²) in [7, 11) is 0. The van der Waals surface area contributed by atoms with Crippen LogP contribution >= 0.6 is 0 Å². The highest BCUT2D eigenvalue weighted by Crippen LogP contribution is 2.39. The van der Waals surface area contributed by atoms with Gasteiger partial charge in [-0.25, -0.2) is 9.78 Å². The first-order chi connectivity index (χ1) is 14.8. The van der Waals surface area contributed by atoms with E-state index in [1.165, 1.54) is 37.1 Å². The lowest BCUT2D eigenvalue weighted by Gasteiger charge is -2.47. The molecule has 1 unspecified atom stereocenters. The number of hydrogen-bond donors (Lipinski definition) is 1. The molecule has 3 saturated heterocycles. The largest absolute Gasteiger partial charge is 0.334 e. The Bertz CT molecular complexity index is 973. The number of hydrogen-bond acceptors (Lipinski definition) is 3. The maximum absolute atomic E-state index is 13.6. The highest BCUT2D eigenvalue weighted by atomic mass is 16.2. The lowest BCUT2D eigenvalue weighted by molar-refractivity contribution is 0.0686. The molecule has 6 heteroatoms. The predicted molar refractivity (Wildman–Crippen MR) is 116 cm³/mol. The summed E-state index contributed by atoms with van der Waals surface area (Å²) in [5.41, 5.74) is 2.67. The second-order valence-corrected chi connectivity index (χ2v) is 9.24. The van der Waals surface area contributed by atoms with Crippen molar-refractivity contribution in [2.45, 2.75) is 37.9 Å². The van der Waals surface area contributed by atoms with Gasteiger partial charge in [0.1, 0.15) is 5.82 Å². The number of carbonyl (C=O) groups excluding carboxylic acids is 1. The predicted octanol–water partition coefficient (Wildman–Crippen LogP) is 2.93. The first-order valence-electron chi connectivity index (χ1n) is 11.3. The molecule has 5 aliphatic rings. The number of rotatable bonds is 2. The van der Waals surface area contributed by atoms with Gasteiger partial charge < -0.3 is 19.7 Å². The molecule has 0 saturated carbocycles. The maximum Gasteiger partial charge on any atom is 0.318 e. The zero-order chi connectivity index (χ0) is 20.1. The fraction of sp³-hybridized carbons (Fsp3) is 0.500. The fourth-order valence-electron chi connectivity index (χ4n) is 5.99. The van der Waals surface area contributed by atoms with Gasteiger partial charge in [0.2, 0.25) is 0 Å². The van der Waals surface area contributed by atoms with Gasteiger partial charge in [-0.2, -0.15) is 0 Å². The molecule has 0 aliphatic carbocycles. The first-order valence-corrected chi connectivity index (χ1v) is 11.3. The molecule has 3 atom stereocenters. The Labute approximate surface area is 177 Å². The standard InChI is InChI=1S/C24H29N5O/c30-24(26-21-16-27-11-7-18(21)8-12-27)29-13-9-17-3-1-2-4-20(17)23(29)19-5-6-22-25-10-14-28(22)15-19/h1-6,10,14,18-19,21,23H,7-9,11-13,15-16H2,(H,26,30)/t19?,21-,23-/m1/s1. The quantitative estimate of drug-likeness (QED) is 0.839. The highest BCUT2D eigenvalue weighted by Gasteiger charge is 2.40. The van der Waals surface area contributed by atoms with Crippen molar-refractivity contribution < 1.29 is 4.79 Å². The van der Waals surface area contributed by atoms with Crippen LogP contribution in [0, 0.1) is 11.8 Å². The number of nitrogens with zero attached hydrogens (tertiary/aromatic N) is 4. The summed E-state index contributed by atoms with van der Waals surface area (Å²) in [5, 5.41) is 3.44. The van der Waals surface area contributed by atoms with Gasteiger partial charge in [-0.05, 0) is 55.5 Å². The first kappa shape index (κ1) is 18.2. The summed E-state index contributed by atoms with van der Waals surface area (Å²) in [6, 6.07) is 9.12. The highest BCUT2D eigenvalue weighted by molar-refractivity contribution is 5.76. The Morgan fingerprint density at radius 1 is 1.10 bits per heavy atom. The molecule has 7 rings (SSSR count). The van der Waals surface area contributed by atoms with Crippen molar-refractivity contribution in [3.05, 3.63) is 59.7 Å². The van der Waals surface area contributed by atoms with Crippen LogP contribution < -0.4 is 5.32 Å². The minimum absolute atomic E-state index is 0.0582. The summed E-state index contributed by atoms with van der Waals surface area (Å²) >= 11 is 0. The van der Waals surface area contributed by atoms with E-state index >= 15 is 0 Å². The number of aromatic nitrogens is 2. The minimum Gasteiger partial charge on any atom is -0.334 e. The smallest absolute Gasteiger partial charge is 0.318 e. The number of piperidine rings is 3. The van der Waals surface area contributed by atoms with Gasteiger partial charge in [-0.1, -0.05) is 30.3 Å². The Morgan fingerprint density at radius 2 is 1.97 bits per heavy atom. The van der Waals surface area contributed by atoms with Gasteiger partial charge >= 0.3 is 6.03 Å². The summed E-state index contributed by atoms with van der Waals surface area (Å²) in [6.45, 7) is 5.02. The summed E-state index contributed by atoms with van der Waals surface area (Å²) in [4.78, 5) is 22.6. The average molecular weight is 404 g/mol. The molecule has 156 valence electrons. The van der Waals surface area contributed by atoms with Crippen LogP contribution in [-0.2, 0) is 13.0 Å². The van der Waals surface area contributed by atoms with Gasteiger partial charge in [-0.3, -0.25) is 0 Å². The fourth-order valence-corrected chi connectivity index (χ4v) is 5.99. The molecule has 30 heavy (non-hydrogen) atoms. The number of urea groups is 1. The van der Waals surface area contributed by atoms with Crippen molar-refractivity contribution in [2.75, 3.05) is 26.2 Å². The van der Waals surface area contributed by atoms with Crippen LogP contribution in [0.2, 0.25) is 0 Å². The number of nitrogens with one attached hydrogen (secondary N) is 1. The van der Waals surface area contributed by atoms with E-state index in [0.717, 1.165) is 31.9 Å². The summed E-state index contributed by atoms with van der Waals surface area (Å²) < 4.78 is 2.20. The second kappa shape index (κ2) is 7.27. The molecule has 2 bridgehead atoms. The molecule has 1 N–H and O–H groups in total. The van der Waals surface area contributed by atoms with Crippen LogP contribution in [0.25, 0.3) is 6.08 Å². The number of benzene rings is 1. The van der Waals surface area contributed by atoms with Crippen LogP contribution in [0.5, 0.6) is 0 Å². The van der Waals surface area contributed by atoms with E-state index in [4.69, 9.17) is 0 Å². The molecular weight excluding hydrogens is 374 g/mol. The Kier molecular flexibility index (Phi) is 4.41. The molecule has 6 heterocycles. The number of imidazole rings is 1. The molecule has 1 aromatic carbocycles. The maximum atomic E-state index is 13.6. The van der Waals surface area contributed by atoms with Crippen molar-refractivity contribution in [3.63, 3.8) is 0 Å². The van der Waals surface area contributed by atoms with E-state index in [-0.39, 0.29) is 18.0 Å². The molecule has 0 spiro atoms. The Balaban J connectivity index is 1.28. The minimum atomic E-state index is 0.0582. The molecule has 6 nitrogen and oxygen atoms in total. The van der Waals surface area contributed by atoms with E-state index < -0.39 is 0 Å². The lowest BCUT2D eigenvalue weighted by Crippen LogP contribution is -2.60. The molecule has 0 radical (unpaired) electrons. The van der Waals surface area contributed by atoms with Gasteiger partial charge in [0.15, 0.2) is 0 Å². The zero-order valence-electron chi connectivity index (χ0n) is 17.3. The normalized spacial score (nSPS) is 31.9. The van der Waals surface area contributed by atoms with Crippen molar-refractivity contribution in [2.24, 2.45) is 11.8 Å². The number of carbonyl (C=O) groups is 1. The monoisotopic (exact) mass is 403 g/mol. The molecule has 2 aromatic rings. The van der Waals surface area contributed by atoms with Crippen LogP contribution in [0.4, 0.5) is 4.79 Å². The summed E-state index contributed by atoms with van der Waals surface area (Å²) in [6.07, 6.45) is 11.6. The van der Waals surface area contributed by atoms with Crippen molar-refractivity contribution >= 4 is 12.1 Å². The van der Waals surface area contributed by atoms with E-state index in [9.17, 15) is 4.79 Å². The van der Waals surface area contributed by atoms with Gasteiger partial charge in [0, 0.05) is 44.0 Å². The topological polar surface area (TPSA) is 53.4 Å². The third-order valence-electron chi connectivity index (χ3n) is 7.61. The lowest BCUT2D eigenvalue weighted by atomic mass is 9.83. The van der Waals surface area contributed by atoms with Gasteiger partial charge in [0.05, 0.1) is 6.04 Å². The van der Waals surface area contributed by atoms with Crippen molar-refractivity contribution in [3.8, 4) is 0 Å². The molecule has 5 aliphatic heterocycles. The van der Waals surface area contributed by atoms with Gasteiger partial charge in [-0.15, -0.1) is 0 Å². The molecule has 2 amide bonds. The second-order valence-electron chi connectivity index (χ2n) is 9.24. The van der Waals surface area contributed by atoms with Crippen LogP contribution in [-0.4, -0.2) is 57.6 Å². The van der Waals surface area contributed by atoms with E-state index in [0.29, 0.717) is 12.0 Å². The zero-order valence-corrected chi connectivity index (χ0v) is 17.3. The van der Waals surface area contributed by atoms with Gasteiger partial charge in [0.25, 0.3) is 0 Å². The van der Waals surface area contributed by atoms with E-state index in [1.54, 1.807) is 0 Å². The number of amides is 2. The molecule has 3 fully saturated rings. The average Bonchev–Trinajstić information content (AvgIpc) is 3.27. The Morgan fingerprint density at radius 3 is 2.80 bits per heavy atom.